The predicted molar refractivity (Wildman–Crippen MR) is 96.5 cm³/mol. The van der Waals surface area contributed by atoms with Gasteiger partial charge in [0.05, 0.1) is 17.3 Å². The van der Waals surface area contributed by atoms with Crippen molar-refractivity contribution in [3.63, 3.8) is 0 Å². The standard InChI is InChI=1S/C20H22N4O2/c1-14-11-22-17(13-21-14)18(25)24-9-7-20(8-10-24)16(12-23-19(20)26)15-5-3-2-4-6-15/h2-6,11,13,16H,7-10,12H2,1H3,(H,23,26)/t16-/m0/s1. The fraction of sp³-hybridized carbons (Fsp3) is 0.400. The zero-order valence-electron chi connectivity index (χ0n) is 14.8. The van der Waals surface area contributed by atoms with Gasteiger partial charge in [-0.3, -0.25) is 14.6 Å². The highest BCUT2D eigenvalue weighted by Gasteiger charge is 2.52. The molecule has 1 aromatic carbocycles. The summed E-state index contributed by atoms with van der Waals surface area (Å²) in [7, 11) is 0. The van der Waals surface area contributed by atoms with Gasteiger partial charge < -0.3 is 10.2 Å². The van der Waals surface area contributed by atoms with Crippen LogP contribution in [0.5, 0.6) is 0 Å². The number of benzene rings is 1. The van der Waals surface area contributed by atoms with Crippen molar-refractivity contribution in [3.8, 4) is 0 Å². The molecule has 0 saturated carbocycles. The third kappa shape index (κ3) is 2.75. The number of nitrogens with zero attached hydrogens (tertiary/aromatic N) is 3. The van der Waals surface area contributed by atoms with E-state index < -0.39 is 5.41 Å². The molecule has 0 unspecified atom stereocenters. The Labute approximate surface area is 152 Å². The van der Waals surface area contributed by atoms with Crippen LogP contribution in [0.4, 0.5) is 0 Å². The molecule has 2 aliphatic heterocycles. The van der Waals surface area contributed by atoms with Crippen LogP contribution in [0.1, 0.15) is 40.5 Å². The number of hydrogen-bond donors (Lipinski definition) is 1. The topological polar surface area (TPSA) is 75.2 Å². The molecule has 0 radical (unpaired) electrons. The van der Waals surface area contributed by atoms with Gasteiger partial charge in [-0.2, -0.15) is 0 Å². The molecule has 2 aromatic rings. The van der Waals surface area contributed by atoms with Crippen molar-refractivity contribution >= 4 is 11.8 Å². The molecule has 1 atom stereocenters. The van der Waals surface area contributed by atoms with Crippen molar-refractivity contribution < 1.29 is 9.59 Å². The third-order valence-corrected chi connectivity index (χ3v) is 5.73. The molecule has 6 heteroatoms. The molecule has 1 N–H and O–H groups in total. The van der Waals surface area contributed by atoms with Gasteiger partial charge in [-0.05, 0) is 25.3 Å². The first kappa shape index (κ1) is 16.7. The van der Waals surface area contributed by atoms with Gasteiger partial charge in [-0.1, -0.05) is 30.3 Å². The van der Waals surface area contributed by atoms with E-state index in [2.05, 4.69) is 27.4 Å². The number of likely N-dealkylation sites (tertiary alicyclic amines) is 1. The number of rotatable bonds is 2. The van der Waals surface area contributed by atoms with Crippen molar-refractivity contribution in [2.24, 2.45) is 5.41 Å². The maximum Gasteiger partial charge on any atom is 0.274 e. The van der Waals surface area contributed by atoms with Crippen LogP contribution in [0, 0.1) is 12.3 Å². The summed E-state index contributed by atoms with van der Waals surface area (Å²) >= 11 is 0. The first-order valence-electron chi connectivity index (χ1n) is 9.01. The summed E-state index contributed by atoms with van der Waals surface area (Å²) < 4.78 is 0. The van der Waals surface area contributed by atoms with E-state index >= 15 is 0 Å². The van der Waals surface area contributed by atoms with Gasteiger partial charge in [0.25, 0.3) is 5.91 Å². The van der Waals surface area contributed by atoms with E-state index in [-0.39, 0.29) is 17.7 Å². The van der Waals surface area contributed by atoms with Crippen LogP contribution in [-0.2, 0) is 4.79 Å². The van der Waals surface area contributed by atoms with E-state index in [4.69, 9.17) is 0 Å². The Morgan fingerprint density at radius 3 is 2.54 bits per heavy atom. The number of amides is 2. The van der Waals surface area contributed by atoms with Crippen molar-refractivity contribution in [1.82, 2.24) is 20.2 Å². The van der Waals surface area contributed by atoms with Gasteiger partial charge in [-0.15, -0.1) is 0 Å². The Bertz CT molecular complexity index is 811. The number of carbonyl (C=O) groups is 2. The minimum absolute atomic E-state index is 0.109. The third-order valence-electron chi connectivity index (χ3n) is 5.73. The highest BCUT2D eigenvalue weighted by atomic mass is 16.2. The molecule has 4 rings (SSSR count). The van der Waals surface area contributed by atoms with E-state index in [9.17, 15) is 9.59 Å². The average molecular weight is 350 g/mol. The largest absolute Gasteiger partial charge is 0.355 e. The van der Waals surface area contributed by atoms with E-state index in [0.717, 1.165) is 5.69 Å². The lowest BCUT2D eigenvalue weighted by molar-refractivity contribution is -0.130. The van der Waals surface area contributed by atoms with Crippen molar-refractivity contribution in [2.75, 3.05) is 19.6 Å². The molecule has 0 bridgehead atoms. The SMILES string of the molecule is Cc1cnc(C(=O)N2CCC3(CC2)C(=O)NC[C@H]3c2ccccc2)cn1. The number of hydrogen-bond acceptors (Lipinski definition) is 4. The molecular weight excluding hydrogens is 328 g/mol. The lowest BCUT2D eigenvalue weighted by Gasteiger charge is -2.40. The van der Waals surface area contributed by atoms with Crippen LogP contribution < -0.4 is 5.32 Å². The van der Waals surface area contributed by atoms with Crippen LogP contribution in [0.25, 0.3) is 0 Å². The fourth-order valence-corrected chi connectivity index (χ4v) is 4.20. The molecule has 2 amide bonds. The summed E-state index contributed by atoms with van der Waals surface area (Å²) in [5, 5.41) is 3.05. The monoisotopic (exact) mass is 350 g/mol. The molecular formula is C20H22N4O2. The molecule has 2 aliphatic rings. The second-order valence-corrected chi connectivity index (χ2v) is 7.16. The maximum atomic E-state index is 12.7. The highest BCUT2D eigenvalue weighted by Crippen LogP contribution is 2.47. The Morgan fingerprint density at radius 1 is 1.15 bits per heavy atom. The molecule has 2 fully saturated rings. The number of aryl methyl sites for hydroxylation is 1. The average Bonchev–Trinajstić information content (AvgIpc) is 2.99. The minimum Gasteiger partial charge on any atom is -0.355 e. The molecule has 26 heavy (non-hydrogen) atoms. The molecule has 0 aliphatic carbocycles. The molecule has 2 saturated heterocycles. The summed E-state index contributed by atoms with van der Waals surface area (Å²) in [6.07, 6.45) is 4.47. The summed E-state index contributed by atoms with van der Waals surface area (Å²) in [6.45, 7) is 3.63. The van der Waals surface area contributed by atoms with E-state index in [1.807, 2.05) is 25.1 Å². The van der Waals surface area contributed by atoms with Gasteiger partial charge in [0.15, 0.2) is 0 Å². The number of nitrogens with one attached hydrogen (secondary N) is 1. The second kappa shape index (κ2) is 6.52. The Hall–Kier alpha value is -2.76. The van der Waals surface area contributed by atoms with Crippen LogP contribution in [0.3, 0.4) is 0 Å². The van der Waals surface area contributed by atoms with Crippen LogP contribution >= 0.6 is 0 Å². The van der Waals surface area contributed by atoms with Gasteiger partial charge in [-0.25, -0.2) is 4.98 Å². The van der Waals surface area contributed by atoms with Crippen LogP contribution in [0.15, 0.2) is 42.7 Å². The van der Waals surface area contributed by atoms with Gasteiger partial charge >= 0.3 is 0 Å². The Balaban J connectivity index is 1.52. The first-order chi connectivity index (χ1) is 12.6. The Kier molecular flexibility index (Phi) is 4.18. The van der Waals surface area contributed by atoms with Crippen molar-refractivity contribution in [1.29, 1.82) is 0 Å². The molecule has 134 valence electrons. The van der Waals surface area contributed by atoms with Gasteiger partial charge in [0.1, 0.15) is 5.69 Å². The highest BCUT2D eigenvalue weighted by molar-refractivity contribution is 5.92. The molecule has 6 nitrogen and oxygen atoms in total. The summed E-state index contributed by atoms with van der Waals surface area (Å²) in [6, 6.07) is 10.2. The van der Waals surface area contributed by atoms with Gasteiger partial charge in [0, 0.05) is 31.7 Å². The molecule has 1 spiro atoms. The smallest absolute Gasteiger partial charge is 0.274 e. The second-order valence-electron chi connectivity index (χ2n) is 7.16. The number of aromatic nitrogens is 2. The lowest BCUT2D eigenvalue weighted by Crippen LogP contribution is -2.48. The fourth-order valence-electron chi connectivity index (χ4n) is 4.20. The summed E-state index contributed by atoms with van der Waals surface area (Å²) in [4.78, 5) is 35.5. The zero-order chi connectivity index (χ0) is 18.1. The van der Waals surface area contributed by atoms with Crippen LogP contribution in [0.2, 0.25) is 0 Å². The molecule has 1 aromatic heterocycles. The van der Waals surface area contributed by atoms with E-state index in [1.54, 1.807) is 11.1 Å². The van der Waals surface area contributed by atoms with E-state index in [0.29, 0.717) is 38.2 Å². The predicted octanol–water partition coefficient (Wildman–Crippen LogP) is 1.92. The lowest BCUT2D eigenvalue weighted by atomic mass is 9.68. The Morgan fingerprint density at radius 2 is 1.88 bits per heavy atom. The zero-order valence-corrected chi connectivity index (χ0v) is 14.8. The van der Waals surface area contributed by atoms with E-state index in [1.165, 1.54) is 11.8 Å². The van der Waals surface area contributed by atoms with Crippen LogP contribution in [-0.4, -0.2) is 46.3 Å². The number of carbonyl (C=O) groups excluding carboxylic acids is 2. The van der Waals surface area contributed by atoms with Crippen molar-refractivity contribution in [2.45, 2.75) is 25.7 Å². The quantitative estimate of drug-likeness (QED) is 0.898. The van der Waals surface area contributed by atoms with Gasteiger partial charge in [0.2, 0.25) is 5.91 Å². The summed E-state index contributed by atoms with van der Waals surface area (Å²) in [5.41, 5.74) is 1.92. The number of piperidine rings is 1. The maximum absolute atomic E-state index is 12.7. The van der Waals surface area contributed by atoms with Crippen molar-refractivity contribution in [3.05, 3.63) is 59.7 Å². The first-order valence-corrected chi connectivity index (χ1v) is 9.01. The normalized spacial score (nSPS) is 21.7. The minimum atomic E-state index is -0.420. The summed E-state index contributed by atoms with van der Waals surface area (Å²) in [5.74, 6) is 0.170. The molecule has 3 heterocycles.